The highest BCUT2D eigenvalue weighted by molar-refractivity contribution is 7.93. The maximum absolute atomic E-state index is 12.7. The number of nitrogens with zero attached hydrogens (tertiary/aromatic N) is 2. The Labute approximate surface area is 135 Å². The van der Waals surface area contributed by atoms with Gasteiger partial charge in [0, 0.05) is 23.9 Å². The largest absolute Gasteiger partial charge is 0.294 e. The molecular weight excluding hydrogens is 312 g/mol. The lowest BCUT2D eigenvalue weighted by atomic mass is 9.90. The van der Waals surface area contributed by atoms with E-state index in [0.717, 1.165) is 18.5 Å². The Morgan fingerprint density at radius 3 is 2.30 bits per heavy atom. The number of fused-ring (bicyclic) bond motifs is 2. The number of sulfone groups is 1. The van der Waals surface area contributed by atoms with Crippen LogP contribution in [0, 0.1) is 5.92 Å². The molecule has 2 aliphatic heterocycles. The van der Waals surface area contributed by atoms with Gasteiger partial charge in [0.15, 0.2) is 15.6 Å². The predicted molar refractivity (Wildman–Crippen MR) is 86.3 cm³/mol. The molecule has 2 aliphatic rings. The van der Waals surface area contributed by atoms with Gasteiger partial charge in [0.05, 0.1) is 16.2 Å². The van der Waals surface area contributed by atoms with Crippen LogP contribution >= 0.6 is 0 Å². The standard InChI is InChI=1S/C17H18N2O3S/c20-17(13-10-15-6-7-16(11-13)23(15,21)22)12-2-4-14(5-3-12)19-9-1-8-18-19/h1-5,8-9,13,15-16H,6-7,10-11H2. The average Bonchev–Trinajstić information content (AvgIpc) is 3.09. The van der Waals surface area contributed by atoms with E-state index in [9.17, 15) is 13.2 Å². The van der Waals surface area contributed by atoms with Gasteiger partial charge < -0.3 is 0 Å². The van der Waals surface area contributed by atoms with Crippen LogP contribution in [0.2, 0.25) is 0 Å². The first-order valence-electron chi connectivity index (χ1n) is 7.93. The van der Waals surface area contributed by atoms with Crippen LogP contribution in [0.3, 0.4) is 0 Å². The van der Waals surface area contributed by atoms with E-state index in [0.29, 0.717) is 18.4 Å². The van der Waals surface area contributed by atoms with Gasteiger partial charge in [-0.2, -0.15) is 5.10 Å². The van der Waals surface area contributed by atoms with Crippen molar-refractivity contribution in [1.29, 1.82) is 0 Å². The van der Waals surface area contributed by atoms with Crippen molar-refractivity contribution in [2.24, 2.45) is 5.92 Å². The maximum atomic E-state index is 12.7. The third-order valence-corrected chi connectivity index (χ3v) is 7.84. The molecule has 2 atom stereocenters. The van der Waals surface area contributed by atoms with Gasteiger partial charge in [-0.3, -0.25) is 4.79 Å². The molecule has 2 aromatic rings. The summed E-state index contributed by atoms with van der Waals surface area (Å²) in [5, 5.41) is 3.55. The molecule has 120 valence electrons. The minimum absolute atomic E-state index is 0.0730. The third kappa shape index (κ3) is 2.41. The summed E-state index contributed by atoms with van der Waals surface area (Å²) >= 11 is 0. The van der Waals surface area contributed by atoms with E-state index in [1.54, 1.807) is 10.9 Å². The fourth-order valence-corrected chi connectivity index (χ4v) is 6.33. The van der Waals surface area contributed by atoms with Crippen molar-refractivity contribution in [3.63, 3.8) is 0 Å². The molecule has 23 heavy (non-hydrogen) atoms. The number of aromatic nitrogens is 2. The third-order valence-electron chi connectivity index (χ3n) is 5.13. The first-order chi connectivity index (χ1) is 11.1. The molecule has 0 spiro atoms. The Morgan fingerprint density at radius 2 is 1.74 bits per heavy atom. The van der Waals surface area contributed by atoms with Crippen molar-refractivity contribution in [2.75, 3.05) is 0 Å². The molecule has 1 aromatic carbocycles. The zero-order valence-electron chi connectivity index (χ0n) is 12.6. The molecule has 1 aromatic heterocycles. The highest BCUT2D eigenvalue weighted by Gasteiger charge is 2.48. The molecule has 6 heteroatoms. The lowest BCUT2D eigenvalue weighted by molar-refractivity contribution is 0.0905. The normalized spacial score (nSPS) is 28.6. The van der Waals surface area contributed by atoms with Gasteiger partial charge >= 0.3 is 0 Å². The van der Waals surface area contributed by atoms with Crippen LogP contribution in [0.15, 0.2) is 42.7 Å². The summed E-state index contributed by atoms with van der Waals surface area (Å²) in [6.45, 7) is 0. The molecule has 0 N–H and O–H groups in total. The Balaban J connectivity index is 1.54. The fraction of sp³-hybridized carbons (Fsp3) is 0.412. The molecule has 2 saturated heterocycles. The Bertz CT molecular complexity index is 805. The van der Waals surface area contributed by atoms with Crippen LogP contribution in [-0.4, -0.2) is 34.5 Å². The van der Waals surface area contributed by atoms with Gasteiger partial charge in [-0.25, -0.2) is 13.1 Å². The quantitative estimate of drug-likeness (QED) is 0.811. The zero-order valence-corrected chi connectivity index (χ0v) is 13.4. The highest BCUT2D eigenvalue weighted by Crippen LogP contribution is 2.42. The second-order valence-electron chi connectivity index (χ2n) is 6.44. The summed E-state index contributed by atoms with van der Waals surface area (Å²) in [7, 11) is -2.98. The number of hydrogen-bond donors (Lipinski definition) is 0. The van der Waals surface area contributed by atoms with Gasteiger partial charge in [0.1, 0.15) is 0 Å². The molecule has 2 fully saturated rings. The molecule has 0 amide bonds. The highest BCUT2D eigenvalue weighted by atomic mass is 32.2. The molecule has 0 radical (unpaired) electrons. The van der Waals surface area contributed by atoms with E-state index in [-0.39, 0.29) is 22.2 Å². The van der Waals surface area contributed by atoms with E-state index in [1.165, 1.54) is 0 Å². The minimum Gasteiger partial charge on any atom is -0.294 e. The van der Waals surface area contributed by atoms with Crippen molar-refractivity contribution >= 4 is 15.6 Å². The number of hydrogen-bond acceptors (Lipinski definition) is 4. The van der Waals surface area contributed by atoms with E-state index < -0.39 is 9.84 Å². The molecule has 4 rings (SSSR count). The van der Waals surface area contributed by atoms with Crippen molar-refractivity contribution < 1.29 is 13.2 Å². The summed E-state index contributed by atoms with van der Waals surface area (Å²) < 4.78 is 26.0. The summed E-state index contributed by atoms with van der Waals surface area (Å²) in [5.41, 5.74) is 1.56. The summed E-state index contributed by atoms with van der Waals surface area (Å²) in [4.78, 5) is 12.7. The second-order valence-corrected chi connectivity index (χ2v) is 8.95. The Kier molecular flexibility index (Phi) is 3.37. The number of carbonyl (C=O) groups is 1. The monoisotopic (exact) mass is 330 g/mol. The van der Waals surface area contributed by atoms with Gasteiger partial charge in [-0.1, -0.05) is 0 Å². The molecule has 5 nitrogen and oxygen atoms in total. The Morgan fingerprint density at radius 1 is 1.09 bits per heavy atom. The van der Waals surface area contributed by atoms with E-state index in [1.807, 2.05) is 36.5 Å². The van der Waals surface area contributed by atoms with Crippen LogP contribution in [0.5, 0.6) is 0 Å². The topological polar surface area (TPSA) is 69.0 Å². The Hall–Kier alpha value is -1.95. The van der Waals surface area contributed by atoms with Crippen LogP contribution in [0.25, 0.3) is 5.69 Å². The smallest absolute Gasteiger partial charge is 0.166 e. The first kappa shape index (κ1) is 14.6. The van der Waals surface area contributed by atoms with Crippen LogP contribution in [0.4, 0.5) is 0 Å². The molecular formula is C17H18N2O3S. The molecule has 2 bridgehead atoms. The van der Waals surface area contributed by atoms with Gasteiger partial charge in [0.25, 0.3) is 0 Å². The van der Waals surface area contributed by atoms with Gasteiger partial charge in [-0.15, -0.1) is 0 Å². The number of benzene rings is 1. The van der Waals surface area contributed by atoms with Gasteiger partial charge in [-0.05, 0) is 56.0 Å². The van der Waals surface area contributed by atoms with Gasteiger partial charge in [0.2, 0.25) is 0 Å². The number of ketones is 1. The van der Waals surface area contributed by atoms with Crippen molar-refractivity contribution in [3.05, 3.63) is 48.3 Å². The van der Waals surface area contributed by atoms with E-state index in [4.69, 9.17) is 0 Å². The molecule has 0 saturated carbocycles. The van der Waals surface area contributed by atoms with E-state index >= 15 is 0 Å². The summed E-state index contributed by atoms with van der Waals surface area (Å²) in [5.74, 6) is -0.0876. The van der Waals surface area contributed by atoms with E-state index in [2.05, 4.69) is 5.10 Å². The van der Waals surface area contributed by atoms with Crippen molar-refractivity contribution in [1.82, 2.24) is 9.78 Å². The summed E-state index contributed by atoms with van der Waals surface area (Å²) in [6.07, 6.45) is 5.96. The van der Waals surface area contributed by atoms with Crippen molar-refractivity contribution in [3.8, 4) is 5.69 Å². The molecule has 3 heterocycles. The molecule has 2 unspecified atom stereocenters. The van der Waals surface area contributed by atoms with Crippen LogP contribution < -0.4 is 0 Å². The maximum Gasteiger partial charge on any atom is 0.166 e. The average molecular weight is 330 g/mol. The SMILES string of the molecule is O=C(c1ccc(-n2cccn2)cc1)C1CC2CCC(C1)S2(=O)=O. The number of carbonyl (C=O) groups excluding carboxylic acids is 1. The first-order valence-corrected chi connectivity index (χ1v) is 9.53. The number of rotatable bonds is 3. The zero-order chi connectivity index (χ0) is 16.0. The predicted octanol–water partition coefficient (Wildman–Crippen LogP) is 2.41. The minimum atomic E-state index is -2.98. The summed E-state index contributed by atoms with van der Waals surface area (Å²) in [6, 6.07) is 9.20. The van der Waals surface area contributed by atoms with Crippen LogP contribution in [-0.2, 0) is 9.84 Å². The van der Waals surface area contributed by atoms with Crippen molar-refractivity contribution in [2.45, 2.75) is 36.2 Å². The second kappa shape index (κ2) is 5.30. The molecule has 0 aliphatic carbocycles. The fourth-order valence-electron chi connectivity index (χ4n) is 3.86. The number of Topliss-reactive ketones (excluding diaryl/α,β-unsaturated/α-hetero) is 1. The lowest BCUT2D eigenvalue weighted by Crippen LogP contribution is -2.36. The lowest BCUT2D eigenvalue weighted by Gasteiger charge is -2.27. The van der Waals surface area contributed by atoms with Crippen LogP contribution in [0.1, 0.15) is 36.0 Å².